The molecule has 1 aromatic heterocycles. The van der Waals surface area contributed by atoms with Crippen molar-refractivity contribution in [1.29, 1.82) is 0 Å². The molecule has 0 radical (unpaired) electrons. The molecular formula is C12H20N2O3S. The molecule has 0 amide bonds. The van der Waals surface area contributed by atoms with Crippen molar-refractivity contribution in [2.45, 2.75) is 37.8 Å². The minimum absolute atomic E-state index is 0.0266. The average Bonchev–Trinajstić information content (AvgIpc) is 2.39. The first kappa shape index (κ1) is 15.1. The van der Waals surface area contributed by atoms with Crippen molar-refractivity contribution in [3.8, 4) is 0 Å². The summed E-state index contributed by atoms with van der Waals surface area (Å²) >= 11 is 0. The van der Waals surface area contributed by atoms with E-state index in [9.17, 15) is 8.42 Å². The highest BCUT2D eigenvalue weighted by Gasteiger charge is 2.21. The average molecular weight is 272 g/mol. The quantitative estimate of drug-likeness (QED) is 0.761. The van der Waals surface area contributed by atoms with Gasteiger partial charge < -0.3 is 5.11 Å². The number of pyridine rings is 1. The van der Waals surface area contributed by atoms with Gasteiger partial charge in [-0.05, 0) is 18.1 Å². The van der Waals surface area contributed by atoms with Gasteiger partial charge in [0.1, 0.15) is 0 Å². The molecule has 0 aliphatic carbocycles. The van der Waals surface area contributed by atoms with E-state index in [1.807, 2.05) is 0 Å². The van der Waals surface area contributed by atoms with E-state index in [2.05, 4.69) is 11.9 Å². The van der Waals surface area contributed by atoms with Gasteiger partial charge in [-0.1, -0.05) is 25.8 Å². The van der Waals surface area contributed by atoms with Crippen LogP contribution in [0.25, 0.3) is 0 Å². The summed E-state index contributed by atoms with van der Waals surface area (Å²) in [7, 11) is -1.94. The van der Waals surface area contributed by atoms with Crippen molar-refractivity contribution in [1.82, 2.24) is 9.29 Å². The zero-order valence-corrected chi connectivity index (χ0v) is 11.7. The maximum atomic E-state index is 12.1. The summed E-state index contributed by atoms with van der Waals surface area (Å²) in [6.45, 7) is 2.43. The lowest BCUT2D eigenvalue weighted by Gasteiger charge is -2.16. The van der Waals surface area contributed by atoms with E-state index in [0.717, 1.165) is 19.3 Å². The Morgan fingerprint density at radius 3 is 2.56 bits per heavy atom. The number of unbranched alkanes of at least 4 members (excludes halogenated alkanes) is 2. The van der Waals surface area contributed by atoms with E-state index in [-0.39, 0.29) is 11.6 Å². The van der Waals surface area contributed by atoms with Crippen molar-refractivity contribution < 1.29 is 13.5 Å². The van der Waals surface area contributed by atoms with Crippen LogP contribution < -0.4 is 0 Å². The molecule has 1 N–H and O–H groups in total. The number of rotatable bonds is 7. The van der Waals surface area contributed by atoms with E-state index in [4.69, 9.17) is 5.11 Å². The summed E-state index contributed by atoms with van der Waals surface area (Å²) in [5, 5.41) is 8.91. The summed E-state index contributed by atoms with van der Waals surface area (Å²) in [5.41, 5.74) is 0.600. The van der Waals surface area contributed by atoms with E-state index in [0.29, 0.717) is 12.1 Å². The van der Waals surface area contributed by atoms with Crippen molar-refractivity contribution in [3.63, 3.8) is 0 Å². The molecule has 5 nitrogen and oxygen atoms in total. The standard InChI is InChI=1S/C12H20N2O3S/c1-3-4-5-8-14(2)18(16,17)12-7-6-11(10-15)9-13-12/h6-7,9,15H,3-5,8,10H2,1-2H3. The van der Waals surface area contributed by atoms with Crippen LogP contribution in [-0.4, -0.2) is 36.4 Å². The molecule has 0 fully saturated rings. The molecule has 0 atom stereocenters. The van der Waals surface area contributed by atoms with Crippen LogP contribution in [0.3, 0.4) is 0 Å². The summed E-state index contributed by atoms with van der Waals surface area (Å²) in [5.74, 6) is 0. The first-order chi connectivity index (χ1) is 8.52. The number of aliphatic hydroxyl groups excluding tert-OH is 1. The van der Waals surface area contributed by atoms with E-state index < -0.39 is 10.0 Å². The van der Waals surface area contributed by atoms with Gasteiger partial charge >= 0.3 is 0 Å². The monoisotopic (exact) mass is 272 g/mol. The zero-order chi connectivity index (χ0) is 13.6. The Morgan fingerprint density at radius 2 is 2.06 bits per heavy atom. The molecule has 0 aliphatic rings. The molecule has 0 unspecified atom stereocenters. The Hall–Kier alpha value is -0.980. The minimum Gasteiger partial charge on any atom is -0.392 e. The molecule has 0 spiro atoms. The SMILES string of the molecule is CCCCCN(C)S(=O)(=O)c1ccc(CO)cn1. The van der Waals surface area contributed by atoms with Crippen LogP contribution >= 0.6 is 0 Å². The largest absolute Gasteiger partial charge is 0.392 e. The van der Waals surface area contributed by atoms with Crippen LogP contribution in [0, 0.1) is 0 Å². The number of aliphatic hydroxyl groups is 1. The molecular weight excluding hydrogens is 252 g/mol. The van der Waals surface area contributed by atoms with E-state index in [1.54, 1.807) is 13.1 Å². The fraction of sp³-hybridized carbons (Fsp3) is 0.583. The first-order valence-electron chi connectivity index (χ1n) is 6.04. The van der Waals surface area contributed by atoms with Crippen molar-refractivity contribution in [3.05, 3.63) is 23.9 Å². The van der Waals surface area contributed by atoms with Gasteiger partial charge in [0.25, 0.3) is 10.0 Å². The highest BCUT2D eigenvalue weighted by molar-refractivity contribution is 7.89. The first-order valence-corrected chi connectivity index (χ1v) is 7.48. The second kappa shape index (κ2) is 6.82. The number of nitrogens with zero attached hydrogens (tertiary/aromatic N) is 2. The van der Waals surface area contributed by atoms with Gasteiger partial charge in [-0.3, -0.25) is 0 Å². The second-order valence-corrected chi connectivity index (χ2v) is 6.19. The Labute approximate surface area is 109 Å². The van der Waals surface area contributed by atoms with Crippen LogP contribution in [0.2, 0.25) is 0 Å². The maximum absolute atomic E-state index is 12.1. The van der Waals surface area contributed by atoms with Crippen molar-refractivity contribution >= 4 is 10.0 Å². The third-order valence-electron chi connectivity index (χ3n) is 2.73. The Balaban J connectivity index is 2.77. The molecule has 1 rings (SSSR count). The van der Waals surface area contributed by atoms with Crippen LogP contribution in [0.5, 0.6) is 0 Å². The maximum Gasteiger partial charge on any atom is 0.260 e. The van der Waals surface area contributed by atoms with Gasteiger partial charge in [0.05, 0.1) is 6.61 Å². The molecule has 102 valence electrons. The summed E-state index contributed by atoms with van der Waals surface area (Å²) in [6.07, 6.45) is 4.29. The number of hydrogen-bond acceptors (Lipinski definition) is 4. The van der Waals surface area contributed by atoms with Gasteiger partial charge in [0.2, 0.25) is 0 Å². The Kier molecular flexibility index (Phi) is 5.71. The smallest absolute Gasteiger partial charge is 0.260 e. The molecule has 6 heteroatoms. The van der Waals surface area contributed by atoms with E-state index >= 15 is 0 Å². The second-order valence-electron chi connectivity index (χ2n) is 4.20. The highest BCUT2D eigenvalue weighted by Crippen LogP contribution is 2.13. The molecule has 1 heterocycles. The third kappa shape index (κ3) is 3.76. The fourth-order valence-corrected chi connectivity index (χ4v) is 2.64. The van der Waals surface area contributed by atoms with Crippen LogP contribution in [0.1, 0.15) is 31.7 Å². The number of aromatic nitrogens is 1. The predicted molar refractivity (Wildman–Crippen MR) is 69.5 cm³/mol. The van der Waals surface area contributed by atoms with Crippen LogP contribution in [-0.2, 0) is 16.6 Å². The zero-order valence-electron chi connectivity index (χ0n) is 10.8. The predicted octanol–water partition coefficient (Wildman–Crippen LogP) is 1.38. The topological polar surface area (TPSA) is 70.5 Å². The lowest BCUT2D eigenvalue weighted by atomic mass is 10.2. The lowest BCUT2D eigenvalue weighted by molar-refractivity contribution is 0.281. The van der Waals surface area contributed by atoms with Gasteiger partial charge in [0.15, 0.2) is 5.03 Å². The van der Waals surface area contributed by atoms with Gasteiger partial charge in [-0.2, -0.15) is 4.31 Å². The van der Waals surface area contributed by atoms with Crippen LogP contribution in [0.15, 0.2) is 23.4 Å². The molecule has 18 heavy (non-hydrogen) atoms. The third-order valence-corrected chi connectivity index (χ3v) is 4.50. The normalized spacial score (nSPS) is 12.0. The summed E-state index contributed by atoms with van der Waals surface area (Å²) in [6, 6.07) is 3.00. The molecule has 0 saturated carbocycles. The van der Waals surface area contributed by atoms with Crippen molar-refractivity contribution in [2.24, 2.45) is 0 Å². The van der Waals surface area contributed by atoms with Crippen LogP contribution in [0.4, 0.5) is 0 Å². The Morgan fingerprint density at radius 1 is 1.33 bits per heavy atom. The summed E-state index contributed by atoms with van der Waals surface area (Å²) < 4.78 is 25.6. The van der Waals surface area contributed by atoms with E-state index in [1.165, 1.54) is 16.6 Å². The lowest BCUT2D eigenvalue weighted by Crippen LogP contribution is -2.28. The highest BCUT2D eigenvalue weighted by atomic mass is 32.2. The fourth-order valence-electron chi connectivity index (χ4n) is 1.52. The number of hydrogen-bond donors (Lipinski definition) is 1. The Bertz CT molecular complexity index is 457. The van der Waals surface area contributed by atoms with Crippen molar-refractivity contribution in [2.75, 3.05) is 13.6 Å². The molecule has 0 aliphatic heterocycles. The molecule has 0 bridgehead atoms. The minimum atomic E-state index is -3.50. The molecule has 0 saturated heterocycles. The number of sulfonamides is 1. The van der Waals surface area contributed by atoms with Gasteiger partial charge in [0, 0.05) is 19.8 Å². The summed E-state index contributed by atoms with van der Waals surface area (Å²) in [4.78, 5) is 3.88. The van der Waals surface area contributed by atoms with Gasteiger partial charge in [-0.15, -0.1) is 0 Å². The molecule has 0 aromatic carbocycles. The van der Waals surface area contributed by atoms with Gasteiger partial charge in [-0.25, -0.2) is 13.4 Å². The molecule has 1 aromatic rings.